The van der Waals surface area contributed by atoms with Crippen LogP contribution in [0, 0.1) is 5.92 Å². The second kappa shape index (κ2) is 6.37. The first-order chi connectivity index (χ1) is 11.0. The molecule has 1 fully saturated rings. The van der Waals surface area contributed by atoms with Crippen LogP contribution in [0.15, 0.2) is 23.1 Å². The van der Waals surface area contributed by atoms with Gasteiger partial charge in [-0.1, -0.05) is 0 Å². The standard InChI is InChI=1S/C15H19NO6S/c17-15(18)11-3-1-6-16(10-11)23(19,20)12-4-5-13-14(9-12)22-8-2-7-21-13/h4-5,9,11H,1-3,6-8,10H2,(H,17,18). The van der Waals surface area contributed by atoms with E-state index in [1.165, 1.54) is 16.4 Å². The Morgan fingerprint density at radius 2 is 1.91 bits per heavy atom. The van der Waals surface area contributed by atoms with Crippen LogP contribution in [0.3, 0.4) is 0 Å². The fourth-order valence-corrected chi connectivity index (χ4v) is 4.36. The van der Waals surface area contributed by atoms with Gasteiger partial charge in [-0.2, -0.15) is 4.31 Å². The molecule has 1 aromatic carbocycles. The summed E-state index contributed by atoms with van der Waals surface area (Å²) in [6, 6.07) is 4.53. The van der Waals surface area contributed by atoms with Crippen molar-refractivity contribution >= 4 is 16.0 Å². The summed E-state index contributed by atoms with van der Waals surface area (Å²) in [5.41, 5.74) is 0. The van der Waals surface area contributed by atoms with Crippen molar-refractivity contribution in [3.05, 3.63) is 18.2 Å². The number of sulfonamides is 1. The van der Waals surface area contributed by atoms with Crippen molar-refractivity contribution < 1.29 is 27.8 Å². The molecule has 0 radical (unpaired) electrons. The van der Waals surface area contributed by atoms with Gasteiger partial charge < -0.3 is 14.6 Å². The predicted octanol–water partition coefficient (Wildman–Crippen LogP) is 1.33. The van der Waals surface area contributed by atoms with E-state index in [1.807, 2.05) is 0 Å². The Balaban J connectivity index is 1.87. The number of hydrogen-bond donors (Lipinski definition) is 1. The first-order valence-corrected chi connectivity index (χ1v) is 9.05. The molecule has 8 heteroatoms. The Morgan fingerprint density at radius 1 is 1.17 bits per heavy atom. The number of ether oxygens (including phenoxy) is 2. The molecule has 0 aliphatic carbocycles. The highest BCUT2D eigenvalue weighted by molar-refractivity contribution is 7.89. The van der Waals surface area contributed by atoms with E-state index in [2.05, 4.69) is 0 Å². The van der Waals surface area contributed by atoms with Gasteiger partial charge in [0.25, 0.3) is 0 Å². The van der Waals surface area contributed by atoms with E-state index < -0.39 is 21.9 Å². The van der Waals surface area contributed by atoms with Crippen molar-refractivity contribution in [1.29, 1.82) is 0 Å². The Bertz CT molecular complexity index is 702. The van der Waals surface area contributed by atoms with Crippen molar-refractivity contribution in [3.63, 3.8) is 0 Å². The fraction of sp³-hybridized carbons (Fsp3) is 0.533. The second-order valence-electron chi connectivity index (χ2n) is 5.70. The lowest BCUT2D eigenvalue weighted by Gasteiger charge is -2.29. The SMILES string of the molecule is O=C(O)C1CCCN(S(=O)(=O)c2ccc3c(c2)OCCCO3)C1. The van der Waals surface area contributed by atoms with E-state index in [4.69, 9.17) is 14.6 Å². The second-order valence-corrected chi connectivity index (χ2v) is 7.64. The highest BCUT2D eigenvalue weighted by Crippen LogP contribution is 2.33. The molecule has 0 amide bonds. The molecule has 1 N–H and O–H groups in total. The number of carboxylic acids is 1. The van der Waals surface area contributed by atoms with Gasteiger partial charge in [-0.05, 0) is 25.0 Å². The zero-order valence-corrected chi connectivity index (χ0v) is 13.4. The minimum Gasteiger partial charge on any atom is -0.490 e. The maximum absolute atomic E-state index is 12.8. The third-order valence-electron chi connectivity index (χ3n) is 4.09. The molecule has 0 saturated carbocycles. The zero-order chi connectivity index (χ0) is 16.4. The Labute approximate surface area is 134 Å². The molecule has 1 aromatic rings. The highest BCUT2D eigenvalue weighted by atomic mass is 32.2. The quantitative estimate of drug-likeness (QED) is 0.891. The zero-order valence-electron chi connectivity index (χ0n) is 12.6. The maximum Gasteiger partial charge on any atom is 0.307 e. The van der Waals surface area contributed by atoms with Crippen LogP contribution in [0.2, 0.25) is 0 Å². The average molecular weight is 341 g/mol. The normalized spacial score (nSPS) is 22.3. The summed E-state index contributed by atoms with van der Waals surface area (Å²) in [6.45, 7) is 1.35. The Kier molecular flexibility index (Phi) is 4.45. The summed E-state index contributed by atoms with van der Waals surface area (Å²) in [6.07, 6.45) is 1.78. The van der Waals surface area contributed by atoms with Crippen LogP contribution >= 0.6 is 0 Å². The van der Waals surface area contributed by atoms with E-state index in [1.54, 1.807) is 6.07 Å². The molecule has 0 bridgehead atoms. The summed E-state index contributed by atoms with van der Waals surface area (Å²) in [5.74, 6) is -0.665. The summed E-state index contributed by atoms with van der Waals surface area (Å²) in [7, 11) is -3.74. The van der Waals surface area contributed by atoms with Gasteiger partial charge in [0.2, 0.25) is 10.0 Å². The van der Waals surface area contributed by atoms with Crippen LogP contribution in [-0.4, -0.2) is 50.1 Å². The molecule has 0 spiro atoms. The number of nitrogens with zero attached hydrogens (tertiary/aromatic N) is 1. The van der Waals surface area contributed by atoms with E-state index >= 15 is 0 Å². The molecule has 1 unspecified atom stereocenters. The van der Waals surface area contributed by atoms with Crippen molar-refractivity contribution in [2.45, 2.75) is 24.2 Å². The van der Waals surface area contributed by atoms with Gasteiger partial charge in [-0.15, -0.1) is 0 Å². The van der Waals surface area contributed by atoms with Crippen LogP contribution in [0.1, 0.15) is 19.3 Å². The lowest BCUT2D eigenvalue weighted by molar-refractivity contribution is -0.142. The topological polar surface area (TPSA) is 93.1 Å². The first kappa shape index (κ1) is 16.1. The summed E-state index contributed by atoms with van der Waals surface area (Å²) < 4.78 is 37.8. The number of aliphatic carboxylic acids is 1. The minimum absolute atomic E-state index is 0.00606. The van der Waals surface area contributed by atoms with E-state index in [9.17, 15) is 13.2 Å². The molecular formula is C15H19NO6S. The maximum atomic E-state index is 12.8. The number of benzene rings is 1. The van der Waals surface area contributed by atoms with Gasteiger partial charge in [-0.3, -0.25) is 4.79 Å². The summed E-state index contributed by atoms with van der Waals surface area (Å²) in [5, 5.41) is 9.12. The van der Waals surface area contributed by atoms with Gasteiger partial charge in [0, 0.05) is 25.6 Å². The van der Waals surface area contributed by atoms with Crippen LogP contribution in [0.5, 0.6) is 11.5 Å². The number of carbonyl (C=O) groups is 1. The van der Waals surface area contributed by atoms with Crippen LogP contribution in [-0.2, 0) is 14.8 Å². The van der Waals surface area contributed by atoms with Crippen molar-refractivity contribution in [3.8, 4) is 11.5 Å². The smallest absolute Gasteiger partial charge is 0.307 e. The Morgan fingerprint density at radius 3 is 2.65 bits per heavy atom. The highest BCUT2D eigenvalue weighted by Gasteiger charge is 2.33. The Hall–Kier alpha value is -1.80. The number of fused-ring (bicyclic) bond motifs is 1. The lowest BCUT2D eigenvalue weighted by atomic mass is 10.0. The minimum atomic E-state index is -3.74. The largest absolute Gasteiger partial charge is 0.490 e. The molecule has 2 heterocycles. The van der Waals surface area contributed by atoms with Crippen molar-refractivity contribution in [2.75, 3.05) is 26.3 Å². The van der Waals surface area contributed by atoms with Gasteiger partial charge in [-0.25, -0.2) is 8.42 Å². The first-order valence-electron chi connectivity index (χ1n) is 7.61. The molecule has 1 saturated heterocycles. The molecule has 3 rings (SSSR count). The van der Waals surface area contributed by atoms with E-state index in [0.29, 0.717) is 44.1 Å². The van der Waals surface area contributed by atoms with Crippen molar-refractivity contribution in [1.82, 2.24) is 4.31 Å². The molecule has 2 aliphatic heterocycles. The lowest BCUT2D eigenvalue weighted by Crippen LogP contribution is -2.42. The third kappa shape index (κ3) is 3.28. The molecule has 7 nitrogen and oxygen atoms in total. The molecule has 0 aromatic heterocycles. The van der Waals surface area contributed by atoms with Crippen LogP contribution in [0.25, 0.3) is 0 Å². The van der Waals surface area contributed by atoms with E-state index in [0.717, 1.165) is 6.42 Å². The van der Waals surface area contributed by atoms with Gasteiger partial charge in [0.05, 0.1) is 24.0 Å². The third-order valence-corrected chi connectivity index (χ3v) is 5.95. The molecule has 2 aliphatic rings. The van der Waals surface area contributed by atoms with Crippen LogP contribution < -0.4 is 9.47 Å². The number of piperidine rings is 1. The fourth-order valence-electron chi connectivity index (χ4n) is 2.82. The summed E-state index contributed by atoms with van der Waals surface area (Å²) in [4.78, 5) is 11.2. The predicted molar refractivity (Wildman–Crippen MR) is 81.2 cm³/mol. The molecule has 1 atom stereocenters. The van der Waals surface area contributed by atoms with Crippen LogP contribution in [0.4, 0.5) is 0 Å². The van der Waals surface area contributed by atoms with Gasteiger partial charge in [0.1, 0.15) is 0 Å². The number of carboxylic acid groups (broad SMARTS) is 1. The number of hydrogen-bond acceptors (Lipinski definition) is 5. The van der Waals surface area contributed by atoms with Gasteiger partial charge >= 0.3 is 5.97 Å². The molecule has 23 heavy (non-hydrogen) atoms. The monoisotopic (exact) mass is 341 g/mol. The summed E-state index contributed by atoms with van der Waals surface area (Å²) >= 11 is 0. The average Bonchev–Trinajstić information content (AvgIpc) is 2.79. The van der Waals surface area contributed by atoms with E-state index in [-0.39, 0.29) is 11.4 Å². The number of rotatable bonds is 3. The molecule has 126 valence electrons. The van der Waals surface area contributed by atoms with Crippen molar-refractivity contribution in [2.24, 2.45) is 5.92 Å². The van der Waals surface area contributed by atoms with Gasteiger partial charge in [0.15, 0.2) is 11.5 Å². The molecular weight excluding hydrogens is 322 g/mol.